The third-order valence-electron chi connectivity index (χ3n) is 2.93. The SMILES string of the molecule is CC(Oc1ccc(C=O)cc1)C(=O)NC(C(=O)O)C(C)C. The summed E-state index contributed by atoms with van der Waals surface area (Å²) in [7, 11) is 0. The molecule has 0 heterocycles. The molecule has 21 heavy (non-hydrogen) atoms. The van der Waals surface area contributed by atoms with Crippen LogP contribution < -0.4 is 10.1 Å². The van der Waals surface area contributed by atoms with Gasteiger partial charge >= 0.3 is 5.97 Å². The molecule has 6 nitrogen and oxygen atoms in total. The molecule has 1 aromatic carbocycles. The molecule has 0 aliphatic heterocycles. The van der Waals surface area contributed by atoms with Gasteiger partial charge in [-0.15, -0.1) is 0 Å². The number of carbonyl (C=O) groups is 3. The zero-order chi connectivity index (χ0) is 16.0. The van der Waals surface area contributed by atoms with E-state index in [-0.39, 0.29) is 5.92 Å². The Bertz CT molecular complexity index is 509. The summed E-state index contributed by atoms with van der Waals surface area (Å²) in [5, 5.41) is 11.5. The Morgan fingerprint density at radius 1 is 1.19 bits per heavy atom. The molecular formula is C15H19NO5. The number of carboxylic acid groups (broad SMARTS) is 1. The fourth-order valence-electron chi connectivity index (χ4n) is 1.67. The minimum Gasteiger partial charge on any atom is -0.481 e. The number of benzene rings is 1. The summed E-state index contributed by atoms with van der Waals surface area (Å²) >= 11 is 0. The predicted molar refractivity (Wildman–Crippen MR) is 76.3 cm³/mol. The third-order valence-corrected chi connectivity index (χ3v) is 2.93. The molecule has 114 valence electrons. The van der Waals surface area contributed by atoms with Gasteiger partial charge in [-0.1, -0.05) is 13.8 Å². The number of rotatable bonds is 7. The summed E-state index contributed by atoms with van der Waals surface area (Å²) in [6.45, 7) is 4.95. The zero-order valence-corrected chi connectivity index (χ0v) is 12.2. The number of carboxylic acids is 1. The van der Waals surface area contributed by atoms with Gasteiger partial charge in [0.25, 0.3) is 5.91 Å². The summed E-state index contributed by atoms with van der Waals surface area (Å²) in [5.74, 6) is -1.39. The van der Waals surface area contributed by atoms with E-state index in [1.54, 1.807) is 38.1 Å². The molecule has 0 aliphatic carbocycles. The molecule has 2 atom stereocenters. The van der Waals surface area contributed by atoms with E-state index in [1.807, 2.05) is 0 Å². The van der Waals surface area contributed by atoms with Gasteiger partial charge in [-0.3, -0.25) is 9.59 Å². The van der Waals surface area contributed by atoms with Crippen LogP contribution in [0.25, 0.3) is 0 Å². The first-order valence-electron chi connectivity index (χ1n) is 6.60. The van der Waals surface area contributed by atoms with Crippen LogP contribution in [0.5, 0.6) is 5.75 Å². The summed E-state index contributed by atoms with van der Waals surface area (Å²) in [6, 6.07) is 5.33. The van der Waals surface area contributed by atoms with Gasteiger partial charge in [0.15, 0.2) is 6.10 Å². The molecule has 0 radical (unpaired) electrons. The van der Waals surface area contributed by atoms with Crippen LogP contribution in [-0.2, 0) is 9.59 Å². The van der Waals surface area contributed by atoms with E-state index in [9.17, 15) is 14.4 Å². The topological polar surface area (TPSA) is 92.7 Å². The van der Waals surface area contributed by atoms with E-state index in [1.165, 1.54) is 6.92 Å². The van der Waals surface area contributed by atoms with Crippen molar-refractivity contribution >= 4 is 18.2 Å². The highest BCUT2D eigenvalue weighted by atomic mass is 16.5. The fraction of sp³-hybridized carbons (Fsp3) is 0.400. The van der Waals surface area contributed by atoms with Crippen LogP contribution in [0, 0.1) is 5.92 Å². The summed E-state index contributed by atoms with van der Waals surface area (Å²) in [5.41, 5.74) is 0.505. The highest BCUT2D eigenvalue weighted by Gasteiger charge is 2.26. The van der Waals surface area contributed by atoms with Gasteiger partial charge in [-0.25, -0.2) is 4.79 Å². The van der Waals surface area contributed by atoms with Crippen molar-refractivity contribution in [2.75, 3.05) is 0 Å². The van der Waals surface area contributed by atoms with E-state index in [0.29, 0.717) is 17.6 Å². The first-order valence-corrected chi connectivity index (χ1v) is 6.60. The van der Waals surface area contributed by atoms with Gasteiger partial charge in [0.2, 0.25) is 0 Å². The number of hydrogen-bond donors (Lipinski definition) is 2. The van der Waals surface area contributed by atoms with Crippen molar-refractivity contribution < 1.29 is 24.2 Å². The summed E-state index contributed by atoms with van der Waals surface area (Å²) < 4.78 is 5.42. The molecular weight excluding hydrogens is 274 g/mol. The number of aldehydes is 1. The second-order valence-electron chi connectivity index (χ2n) is 5.02. The molecule has 0 bridgehead atoms. The molecule has 0 fully saturated rings. The Morgan fingerprint density at radius 2 is 1.76 bits per heavy atom. The number of carbonyl (C=O) groups excluding carboxylic acids is 2. The molecule has 0 spiro atoms. The number of ether oxygens (including phenoxy) is 1. The van der Waals surface area contributed by atoms with Crippen LogP contribution in [0.4, 0.5) is 0 Å². The monoisotopic (exact) mass is 293 g/mol. The maximum absolute atomic E-state index is 11.9. The Hall–Kier alpha value is -2.37. The van der Waals surface area contributed by atoms with Crippen LogP contribution in [-0.4, -0.2) is 35.4 Å². The maximum Gasteiger partial charge on any atom is 0.326 e. The normalized spacial score (nSPS) is 13.3. The van der Waals surface area contributed by atoms with Crippen molar-refractivity contribution in [3.63, 3.8) is 0 Å². The van der Waals surface area contributed by atoms with Crippen LogP contribution in [0.15, 0.2) is 24.3 Å². The highest BCUT2D eigenvalue weighted by Crippen LogP contribution is 2.13. The van der Waals surface area contributed by atoms with Crippen LogP contribution in [0.1, 0.15) is 31.1 Å². The van der Waals surface area contributed by atoms with Crippen molar-refractivity contribution in [2.24, 2.45) is 5.92 Å². The van der Waals surface area contributed by atoms with Crippen LogP contribution >= 0.6 is 0 Å². The molecule has 0 aromatic heterocycles. The fourth-order valence-corrected chi connectivity index (χ4v) is 1.67. The van der Waals surface area contributed by atoms with E-state index >= 15 is 0 Å². The minimum atomic E-state index is -1.08. The molecule has 1 aromatic rings. The molecule has 1 amide bonds. The van der Waals surface area contributed by atoms with Crippen LogP contribution in [0.2, 0.25) is 0 Å². The first kappa shape index (κ1) is 16.7. The van der Waals surface area contributed by atoms with Gasteiger partial charge in [-0.2, -0.15) is 0 Å². The molecule has 0 aliphatic rings. The largest absolute Gasteiger partial charge is 0.481 e. The Balaban J connectivity index is 2.65. The van der Waals surface area contributed by atoms with Gasteiger partial charge < -0.3 is 15.2 Å². The van der Waals surface area contributed by atoms with Gasteiger partial charge in [-0.05, 0) is 37.1 Å². The lowest BCUT2D eigenvalue weighted by atomic mass is 10.0. The lowest BCUT2D eigenvalue weighted by Crippen LogP contribution is -2.48. The number of aliphatic carboxylic acids is 1. The van der Waals surface area contributed by atoms with Crippen LogP contribution in [0.3, 0.4) is 0 Å². The van der Waals surface area contributed by atoms with Gasteiger partial charge in [0, 0.05) is 5.56 Å². The number of nitrogens with one attached hydrogen (secondary N) is 1. The Labute approximate surface area is 123 Å². The zero-order valence-electron chi connectivity index (χ0n) is 12.2. The molecule has 2 N–H and O–H groups in total. The smallest absolute Gasteiger partial charge is 0.326 e. The number of amides is 1. The Morgan fingerprint density at radius 3 is 2.19 bits per heavy atom. The van der Waals surface area contributed by atoms with E-state index in [4.69, 9.17) is 9.84 Å². The molecule has 2 unspecified atom stereocenters. The maximum atomic E-state index is 11.9. The average Bonchev–Trinajstić information content (AvgIpc) is 2.44. The predicted octanol–water partition coefficient (Wildman–Crippen LogP) is 1.49. The quantitative estimate of drug-likeness (QED) is 0.743. The summed E-state index contributed by atoms with van der Waals surface area (Å²) in [6.07, 6.45) is -0.132. The minimum absolute atomic E-state index is 0.231. The standard InChI is InChI=1S/C15H19NO5/c1-9(2)13(15(19)20)16-14(18)10(3)21-12-6-4-11(8-17)5-7-12/h4-10,13H,1-3H3,(H,16,18)(H,19,20). The molecule has 6 heteroatoms. The molecule has 0 saturated carbocycles. The number of hydrogen-bond acceptors (Lipinski definition) is 4. The summed E-state index contributed by atoms with van der Waals surface area (Å²) in [4.78, 5) is 33.5. The van der Waals surface area contributed by atoms with Gasteiger partial charge in [0.05, 0.1) is 0 Å². The van der Waals surface area contributed by atoms with Gasteiger partial charge in [0.1, 0.15) is 18.1 Å². The second-order valence-corrected chi connectivity index (χ2v) is 5.02. The first-order chi connectivity index (χ1) is 9.85. The average molecular weight is 293 g/mol. The highest BCUT2D eigenvalue weighted by molar-refractivity contribution is 5.86. The van der Waals surface area contributed by atoms with Crippen molar-refractivity contribution in [3.8, 4) is 5.75 Å². The van der Waals surface area contributed by atoms with Crippen molar-refractivity contribution in [1.82, 2.24) is 5.32 Å². The molecule has 1 rings (SSSR count). The molecule has 0 saturated heterocycles. The van der Waals surface area contributed by atoms with Crippen molar-refractivity contribution in [1.29, 1.82) is 0 Å². The third kappa shape index (κ3) is 4.91. The van der Waals surface area contributed by atoms with E-state index in [0.717, 1.165) is 0 Å². The van der Waals surface area contributed by atoms with Crippen molar-refractivity contribution in [3.05, 3.63) is 29.8 Å². The van der Waals surface area contributed by atoms with Crippen molar-refractivity contribution in [2.45, 2.75) is 32.9 Å². The van der Waals surface area contributed by atoms with E-state index < -0.39 is 24.0 Å². The van der Waals surface area contributed by atoms with E-state index in [2.05, 4.69) is 5.32 Å². The lowest BCUT2D eigenvalue weighted by Gasteiger charge is -2.21. The Kier molecular flexibility index (Phi) is 5.90. The lowest BCUT2D eigenvalue weighted by molar-refractivity contribution is -0.144. The second kappa shape index (κ2) is 7.42.